The van der Waals surface area contributed by atoms with E-state index in [0.717, 1.165) is 11.6 Å². The van der Waals surface area contributed by atoms with E-state index >= 15 is 0 Å². The third-order valence-electron chi connectivity index (χ3n) is 5.45. The number of fused-ring (bicyclic) bond motifs is 6. The van der Waals surface area contributed by atoms with Gasteiger partial charge in [0, 0.05) is 10.6 Å². The molecule has 1 aliphatic heterocycles. The van der Waals surface area contributed by atoms with Gasteiger partial charge in [0.15, 0.2) is 0 Å². The fourth-order valence-electron chi connectivity index (χ4n) is 4.33. The van der Waals surface area contributed by atoms with Gasteiger partial charge in [0.25, 0.3) is 0 Å². The first kappa shape index (κ1) is 15.2. The molecule has 2 aromatic carbocycles. The van der Waals surface area contributed by atoms with Gasteiger partial charge in [-0.3, -0.25) is 0 Å². The van der Waals surface area contributed by atoms with E-state index < -0.39 is 0 Å². The van der Waals surface area contributed by atoms with E-state index in [-0.39, 0.29) is 6.04 Å². The lowest BCUT2D eigenvalue weighted by molar-refractivity contribution is 0.731. The van der Waals surface area contributed by atoms with Gasteiger partial charge < -0.3 is 4.57 Å². The number of hydrogen-bond donors (Lipinski definition) is 0. The Balaban J connectivity index is 2.00. The molecule has 1 aliphatic carbocycles. The summed E-state index contributed by atoms with van der Waals surface area (Å²) in [5, 5.41) is 6.20. The zero-order valence-corrected chi connectivity index (χ0v) is 14.9. The molecule has 0 N–H and O–H groups in total. The number of allylic oxidation sites excluding steroid dienone is 8. The predicted molar refractivity (Wildman–Crippen MR) is 112 cm³/mol. The van der Waals surface area contributed by atoms with Gasteiger partial charge in [-0.05, 0) is 47.4 Å². The second-order valence-electron chi connectivity index (χ2n) is 7.09. The van der Waals surface area contributed by atoms with Crippen LogP contribution < -0.4 is 10.6 Å². The number of rotatable bonds is 1. The van der Waals surface area contributed by atoms with E-state index in [4.69, 9.17) is 0 Å². The Morgan fingerprint density at radius 3 is 2.73 bits per heavy atom. The van der Waals surface area contributed by atoms with Gasteiger partial charge in [0.1, 0.15) is 0 Å². The third-order valence-corrected chi connectivity index (χ3v) is 5.45. The molecule has 1 heteroatoms. The minimum absolute atomic E-state index is 0.219. The molecule has 126 valence electrons. The minimum Gasteiger partial charge on any atom is -0.330 e. The van der Waals surface area contributed by atoms with Crippen molar-refractivity contribution < 1.29 is 0 Å². The Morgan fingerprint density at radius 2 is 1.92 bits per heavy atom. The normalized spacial score (nSPS) is 19.0. The lowest BCUT2D eigenvalue weighted by Gasteiger charge is -2.13. The maximum Gasteiger partial charge on any atom is 0.0715 e. The van der Waals surface area contributed by atoms with Crippen molar-refractivity contribution in [1.82, 2.24) is 4.57 Å². The highest BCUT2D eigenvalue weighted by molar-refractivity contribution is 5.98. The van der Waals surface area contributed by atoms with Crippen LogP contribution in [0.5, 0.6) is 0 Å². The molecule has 1 atom stereocenters. The molecule has 2 heterocycles. The molecule has 0 saturated carbocycles. The van der Waals surface area contributed by atoms with E-state index in [9.17, 15) is 0 Å². The molecule has 5 rings (SSSR count). The summed E-state index contributed by atoms with van der Waals surface area (Å²) in [4.78, 5) is 0. The Bertz CT molecular complexity index is 1280. The standard InChI is InChI=1S/C25H21N/c1-3-8-21-13-18-9-4-7-12-22(14-18)26-24-16-20-11-6-5-10-19(20)15-23(24)17(2)25(21)26/h3-12,14-16,22H,2,13H2,1H3/b8-3-. The Kier molecular flexibility index (Phi) is 3.36. The molecule has 26 heavy (non-hydrogen) atoms. The van der Waals surface area contributed by atoms with Gasteiger partial charge in [0.05, 0.1) is 16.9 Å². The van der Waals surface area contributed by atoms with Gasteiger partial charge in [0.2, 0.25) is 0 Å². The van der Waals surface area contributed by atoms with E-state index in [2.05, 4.69) is 97.0 Å². The van der Waals surface area contributed by atoms with Crippen LogP contribution in [0.4, 0.5) is 0 Å². The summed E-state index contributed by atoms with van der Waals surface area (Å²) in [5.41, 5.74) is 3.97. The van der Waals surface area contributed by atoms with Crippen LogP contribution in [0.25, 0.3) is 33.8 Å². The fraction of sp³-hybridized carbons (Fsp3) is 0.120. The predicted octanol–water partition coefficient (Wildman–Crippen LogP) is 4.93. The molecule has 0 fully saturated rings. The lowest BCUT2D eigenvalue weighted by atomic mass is 10.0. The van der Waals surface area contributed by atoms with Crippen molar-refractivity contribution in [2.45, 2.75) is 19.4 Å². The smallest absolute Gasteiger partial charge is 0.0715 e. The molecule has 1 aromatic heterocycles. The lowest BCUT2D eigenvalue weighted by Crippen LogP contribution is -2.31. The van der Waals surface area contributed by atoms with E-state index in [0.29, 0.717) is 0 Å². The molecule has 0 radical (unpaired) electrons. The van der Waals surface area contributed by atoms with Crippen LogP contribution in [0, 0.1) is 0 Å². The van der Waals surface area contributed by atoms with Crippen molar-refractivity contribution in [2.75, 3.05) is 0 Å². The highest BCUT2D eigenvalue weighted by Crippen LogP contribution is 2.29. The van der Waals surface area contributed by atoms with Crippen LogP contribution in [-0.4, -0.2) is 4.57 Å². The summed E-state index contributed by atoms with van der Waals surface area (Å²) in [6, 6.07) is 13.4. The van der Waals surface area contributed by atoms with Gasteiger partial charge in [-0.15, -0.1) is 0 Å². The highest BCUT2D eigenvalue weighted by Gasteiger charge is 2.19. The summed E-state index contributed by atoms with van der Waals surface area (Å²) in [6.45, 7) is 6.59. The summed E-state index contributed by atoms with van der Waals surface area (Å²) in [5.74, 6) is 0. The molecular weight excluding hydrogens is 314 g/mol. The summed E-state index contributed by atoms with van der Waals surface area (Å²) in [6.07, 6.45) is 16.5. The van der Waals surface area contributed by atoms with Crippen LogP contribution >= 0.6 is 0 Å². The first-order valence-electron chi connectivity index (χ1n) is 9.19. The monoisotopic (exact) mass is 335 g/mol. The molecule has 0 amide bonds. The van der Waals surface area contributed by atoms with Crippen LogP contribution in [0.1, 0.15) is 19.4 Å². The van der Waals surface area contributed by atoms with Crippen LogP contribution in [0.2, 0.25) is 0 Å². The fourth-order valence-corrected chi connectivity index (χ4v) is 4.33. The maximum absolute atomic E-state index is 4.50. The maximum atomic E-state index is 4.50. The van der Waals surface area contributed by atoms with Crippen molar-refractivity contribution in [2.24, 2.45) is 0 Å². The van der Waals surface area contributed by atoms with Crippen molar-refractivity contribution in [3.05, 3.63) is 95.1 Å². The first-order chi connectivity index (χ1) is 12.8. The van der Waals surface area contributed by atoms with Gasteiger partial charge >= 0.3 is 0 Å². The topological polar surface area (TPSA) is 4.93 Å². The average molecular weight is 335 g/mol. The van der Waals surface area contributed by atoms with E-state index in [1.54, 1.807) is 0 Å². The largest absolute Gasteiger partial charge is 0.330 e. The summed E-state index contributed by atoms with van der Waals surface area (Å²) < 4.78 is 2.47. The van der Waals surface area contributed by atoms with Crippen LogP contribution in [0.3, 0.4) is 0 Å². The van der Waals surface area contributed by atoms with Crippen molar-refractivity contribution >= 4 is 33.8 Å². The molecule has 1 unspecified atom stereocenters. The third kappa shape index (κ3) is 2.17. The average Bonchev–Trinajstić information content (AvgIpc) is 2.82. The second-order valence-corrected chi connectivity index (χ2v) is 7.09. The van der Waals surface area contributed by atoms with Gasteiger partial charge in [-0.1, -0.05) is 73.4 Å². The second kappa shape index (κ2) is 5.74. The number of aromatic nitrogens is 1. The Hall–Kier alpha value is -3.06. The Morgan fingerprint density at radius 1 is 1.12 bits per heavy atom. The molecule has 0 spiro atoms. The van der Waals surface area contributed by atoms with E-state index in [1.807, 2.05) is 0 Å². The molecule has 2 bridgehead atoms. The molecule has 0 saturated heterocycles. The molecular formula is C25H21N. The van der Waals surface area contributed by atoms with Crippen LogP contribution in [-0.2, 0) is 0 Å². The van der Waals surface area contributed by atoms with Gasteiger partial charge in [-0.2, -0.15) is 0 Å². The quantitative estimate of drug-likeness (QED) is 0.594. The summed E-state index contributed by atoms with van der Waals surface area (Å²) in [7, 11) is 0. The van der Waals surface area contributed by atoms with Crippen molar-refractivity contribution in [3.63, 3.8) is 0 Å². The number of hydrogen-bond acceptors (Lipinski definition) is 0. The molecule has 3 aromatic rings. The first-order valence-corrected chi connectivity index (χ1v) is 9.19. The zero-order chi connectivity index (χ0) is 17.7. The Labute approximate surface area is 153 Å². The molecule has 1 nitrogen and oxygen atoms in total. The van der Waals surface area contributed by atoms with Crippen molar-refractivity contribution in [3.8, 4) is 0 Å². The zero-order valence-electron chi connectivity index (χ0n) is 14.9. The number of nitrogens with zero attached hydrogens (tertiary/aromatic N) is 1. The molecule has 2 aliphatic rings. The summed E-state index contributed by atoms with van der Waals surface area (Å²) >= 11 is 0. The van der Waals surface area contributed by atoms with Crippen molar-refractivity contribution in [1.29, 1.82) is 0 Å². The SMILES string of the molecule is C=c1c2n(c3cc4ccccc4cc13)C1C=CC=CC(=C1)CC=2/C=C\C. The van der Waals surface area contributed by atoms with E-state index in [1.165, 1.54) is 38.2 Å². The minimum atomic E-state index is 0.219. The highest BCUT2D eigenvalue weighted by atomic mass is 15.0. The van der Waals surface area contributed by atoms with Gasteiger partial charge in [-0.25, -0.2) is 0 Å². The number of benzene rings is 2. The van der Waals surface area contributed by atoms with Crippen LogP contribution in [0.15, 0.2) is 84.5 Å².